The summed E-state index contributed by atoms with van der Waals surface area (Å²) in [6.07, 6.45) is 4.11. The Hall–Kier alpha value is -2.60. The summed E-state index contributed by atoms with van der Waals surface area (Å²) < 4.78 is 0. The Balaban J connectivity index is 1.47. The van der Waals surface area contributed by atoms with Crippen LogP contribution in [0.1, 0.15) is 24.2 Å². The molecule has 3 heterocycles. The van der Waals surface area contributed by atoms with Gasteiger partial charge in [-0.15, -0.1) is 5.10 Å². The average Bonchev–Trinajstić information content (AvgIpc) is 3.11. The summed E-state index contributed by atoms with van der Waals surface area (Å²) in [6, 6.07) is 12.5. The van der Waals surface area contributed by atoms with Crippen LogP contribution in [0.2, 0.25) is 0 Å². The first-order chi connectivity index (χ1) is 12.7. The molecule has 4 rings (SSSR count). The molecule has 134 valence electrons. The Morgan fingerprint density at radius 1 is 1.12 bits per heavy atom. The number of aryl methyl sites for hydroxylation is 1. The molecule has 0 N–H and O–H groups in total. The van der Waals surface area contributed by atoms with Crippen LogP contribution in [0.5, 0.6) is 0 Å². The molecule has 2 aromatic heterocycles. The van der Waals surface area contributed by atoms with Crippen LogP contribution in [0.15, 0.2) is 42.6 Å². The van der Waals surface area contributed by atoms with Gasteiger partial charge in [0, 0.05) is 31.9 Å². The summed E-state index contributed by atoms with van der Waals surface area (Å²) in [5, 5.41) is 8.31. The molecule has 26 heavy (non-hydrogen) atoms. The second-order valence-electron chi connectivity index (χ2n) is 7.01. The molecule has 0 saturated carbocycles. The fourth-order valence-corrected chi connectivity index (χ4v) is 3.73. The van der Waals surface area contributed by atoms with E-state index in [1.54, 1.807) is 6.20 Å². The highest BCUT2D eigenvalue weighted by molar-refractivity contribution is 5.74. The molecular weight excluding hydrogens is 324 g/mol. The van der Waals surface area contributed by atoms with Crippen LogP contribution in [-0.2, 0) is 6.54 Å². The van der Waals surface area contributed by atoms with Crippen molar-refractivity contribution in [3.8, 4) is 0 Å². The van der Waals surface area contributed by atoms with Gasteiger partial charge in [-0.05, 0) is 51.1 Å². The summed E-state index contributed by atoms with van der Waals surface area (Å²) >= 11 is 0. The van der Waals surface area contributed by atoms with Gasteiger partial charge in [0.1, 0.15) is 0 Å². The first-order valence-corrected chi connectivity index (χ1v) is 9.16. The number of rotatable bonds is 5. The molecule has 6 heteroatoms. The zero-order valence-corrected chi connectivity index (χ0v) is 15.3. The normalized spacial score (nSPS) is 17.3. The van der Waals surface area contributed by atoms with Crippen molar-refractivity contribution in [3.05, 3.63) is 54.0 Å². The van der Waals surface area contributed by atoms with Crippen molar-refractivity contribution in [1.82, 2.24) is 25.1 Å². The van der Waals surface area contributed by atoms with Gasteiger partial charge < -0.3 is 4.90 Å². The maximum absolute atomic E-state index is 4.83. The number of benzene rings is 1. The third-order valence-corrected chi connectivity index (χ3v) is 5.01. The van der Waals surface area contributed by atoms with Crippen LogP contribution >= 0.6 is 0 Å². The number of anilines is 1. The SMILES string of the molecule is Cc1nc2ccccc2nc1CN(C)C[C@H]1CCCN1c1cccnn1. The van der Waals surface area contributed by atoms with Gasteiger partial charge in [-0.2, -0.15) is 5.10 Å². The zero-order chi connectivity index (χ0) is 17.9. The van der Waals surface area contributed by atoms with Crippen molar-refractivity contribution in [2.24, 2.45) is 0 Å². The smallest absolute Gasteiger partial charge is 0.151 e. The molecule has 1 saturated heterocycles. The molecule has 1 fully saturated rings. The highest BCUT2D eigenvalue weighted by Crippen LogP contribution is 2.24. The average molecular weight is 348 g/mol. The molecule has 0 bridgehead atoms. The van der Waals surface area contributed by atoms with E-state index in [-0.39, 0.29) is 0 Å². The van der Waals surface area contributed by atoms with E-state index in [1.807, 2.05) is 43.3 Å². The maximum atomic E-state index is 4.83. The highest BCUT2D eigenvalue weighted by Gasteiger charge is 2.27. The Morgan fingerprint density at radius 2 is 1.92 bits per heavy atom. The summed E-state index contributed by atoms with van der Waals surface area (Å²) in [7, 11) is 2.16. The lowest BCUT2D eigenvalue weighted by atomic mass is 10.2. The minimum atomic E-state index is 0.463. The first-order valence-electron chi connectivity index (χ1n) is 9.16. The van der Waals surface area contributed by atoms with Crippen LogP contribution in [0.3, 0.4) is 0 Å². The topological polar surface area (TPSA) is 58.0 Å². The molecule has 0 unspecified atom stereocenters. The van der Waals surface area contributed by atoms with Crippen molar-refractivity contribution in [2.45, 2.75) is 32.4 Å². The summed E-state index contributed by atoms with van der Waals surface area (Å²) in [4.78, 5) is 14.2. The van der Waals surface area contributed by atoms with Crippen LogP contribution in [-0.4, -0.2) is 51.2 Å². The van der Waals surface area contributed by atoms with Gasteiger partial charge in [0.25, 0.3) is 0 Å². The molecule has 1 aliphatic heterocycles. The molecule has 6 nitrogen and oxygen atoms in total. The zero-order valence-electron chi connectivity index (χ0n) is 15.3. The Bertz CT molecular complexity index is 882. The molecule has 1 aromatic carbocycles. The quantitative estimate of drug-likeness (QED) is 0.707. The molecule has 1 aliphatic rings. The lowest BCUT2D eigenvalue weighted by molar-refractivity contribution is 0.298. The van der Waals surface area contributed by atoms with Crippen LogP contribution in [0, 0.1) is 6.92 Å². The van der Waals surface area contributed by atoms with E-state index in [0.717, 1.165) is 47.9 Å². The van der Waals surface area contributed by atoms with E-state index in [0.29, 0.717) is 6.04 Å². The maximum Gasteiger partial charge on any atom is 0.151 e. The molecule has 0 aliphatic carbocycles. The second kappa shape index (κ2) is 7.33. The Morgan fingerprint density at radius 3 is 2.69 bits per heavy atom. The van der Waals surface area contributed by atoms with Crippen LogP contribution in [0.25, 0.3) is 11.0 Å². The second-order valence-corrected chi connectivity index (χ2v) is 7.01. The van der Waals surface area contributed by atoms with Crippen molar-refractivity contribution in [1.29, 1.82) is 0 Å². The molecule has 0 radical (unpaired) electrons. The predicted octanol–water partition coefficient (Wildman–Crippen LogP) is 2.83. The third-order valence-electron chi connectivity index (χ3n) is 5.01. The summed E-state index contributed by atoms with van der Waals surface area (Å²) in [5.74, 6) is 0.977. The summed E-state index contributed by atoms with van der Waals surface area (Å²) in [6.45, 7) is 4.87. The lowest BCUT2D eigenvalue weighted by Gasteiger charge is -2.29. The molecule has 3 aromatic rings. The molecule has 0 amide bonds. The standard InChI is InChI=1S/C20H24N6/c1-15-19(23-18-9-4-3-8-17(18)22-15)14-25(2)13-16-7-6-12-26(16)20-10-5-11-21-24-20/h3-5,8-11,16H,6-7,12-14H2,1-2H3/t16-/m1/s1. The number of fused-ring (bicyclic) bond motifs is 1. The fraction of sp³-hybridized carbons (Fsp3) is 0.400. The van der Waals surface area contributed by atoms with Crippen molar-refractivity contribution in [2.75, 3.05) is 25.0 Å². The van der Waals surface area contributed by atoms with E-state index in [9.17, 15) is 0 Å². The molecule has 1 atom stereocenters. The van der Waals surface area contributed by atoms with Gasteiger partial charge in [-0.1, -0.05) is 12.1 Å². The van der Waals surface area contributed by atoms with Gasteiger partial charge in [0.15, 0.2) is 5.82 Å². The highest BCUT2D eigenvalue weighted by atomic mass is 15.3. The third kappa shape index (κ3) is 3.51. The van der Waals surface area contributed by atoms with Crippen LogP contribution < -0.4 is 4.90 Å². The number of para-hydroxylation sites is 2. The number of likely N-dealkylation sites (N-methyl/N-ethyl adjacent to an activating group) is 1. The van der Waals surface area contributed by atoms with E-state index in [4.69, 9.17) is 9.97 Å². The van der Waals surface area contributed by atoms with Crippen molar-refractivity contribution >= 4 is 16.9 Å². The van der Waals surface area contributed by atoms with Gasteiger partial charge in [0.2, 0.25) is 0 Å². The van der Waals surface area contributed by atoms with Gasteiger partial charge in [0.05, 0.1) is 22.4 Å². The number of hydrogen-bond acceptors (Lipinski definition) is 6. The monoisotopic (exact) mass is 348 g/mol. The van der Waals surface area contributed by atoms with E-state index >= 15 is 0 Å². The van der Waals surface area contributed by atoms with Gasteiger partial charge >= 0.3 is 0 Å². The van der Waals surface area contributed by atoms with Crippen molar-refractivity contribution < 1.29 is 0 Å². The number of nitrogens with zero attached hydrogens (tertiary/aromatic N) is 6. The van der Waals surface area contributed by atoms with Gasteiger partial charge in [-0.3, -0.25) is 4.90 Å². The Kier molecular flexibility index (Phi) is 4.75. The largest absolute Gasteiger partial charge is 0.351 e. The van der Waals surface area contributed by atoms with E-state index in [1.165, 1.54) is 12.8 Å². The lowest BCUT2D eigenvalue weighted by Crippen LogP contribution is -2.39. The fourth-order valence-electron chi connectivity index (χ4n) is 3.73. The predicted molar refractivity (Wildman–Crippen MR) is 103 cm³/mol. The van der Waals surface area contributed by atoms with Crippen molar-refractivity contribution in [3.63, 3.8) is 0 Å². The number of hydrogen-bond donors (Lipinski definition) is 0. The van der Waals surface area contributed by atoms with Gasteiger partial charge in [-0.25, -0.2) is 9.97 Å². The van der Waals surface area contributed by atoms with E-state index < -0.39 is 0 Å². The molecule has 0 spiro atoms. The number of aromatic nitrogens is 4. The van der Waals surface area contributed by atoms with E-state index in [2.05, 4.69) is 27.0 Å². The molecular formula is C20H24N6. The van der Waals surface area contributed by atoms with Crippen LogP contribution in [0.4, 0.5) is 5.82 Å². The summed E-state index contributed by atoms with van der Waals surface area (Å²) in [5.41, 5.74) is 3.98. The minimum absolute atomic E-state index is 0.463. The Labute approximate surface area is 153 Å². The first kappa shape index (κ1) is 16.8. The minimum Gasteiger partial charge on any atom is -0.351 e.